The Morgan fingerprint density at radius 2 is 2.20 bits per heavy atom. The minimum Gasteiger partial charge on any atom is -0.358 e. The summed E-state index contributed by atoms with van der Waals surface area (Å²) in [5.41, 5.74) is 0.982. The Labute approximate surface area is 128 Å². The van der Waals surface area contributed by atoms with E-state index >= 15 is 0 Å². The Kier molecular flexibility index (Phi) is 4.66. The third kappa shape index (κ3) is 3.13. The predicted molar refractivity (Wildman–Crippen MR) is 82.3 cm³/mol. The highest BCUT2D eigenvalue weighted by Gasteiger charge is 2.33. The lowest BCUT2D eigenvalue weighted by Crippen LogP contribution is -2.44. The molecule has 1 saturated heterocycles. The third-order valence-corrected chi connectivity index (χ3v) is 4.05. The average molecular weight is 336 g/mol. The van der Waals surface area contributed by atoms with Gasteiger partial charge in [-0.3, -0.25) is 4.79 Å². The number of nitriles is 1. The predicted octanol–water partition coefficient (Wildman–Crippen LogP) is 2.65. The highest BCUT2D eigenvalue weighted by atomic mass is 79.9. The first-order chi connectivity index (χ1) is 9.52. The molecule has 5 heteroatoms. The van der Waals surface area contributed by atoms with E-state index in [0.29, 0.717) is 5.92 Å². The third-order valence-electron chi connectivity index (χ3n) is 3.56. The number of anilines is 1. The number of amides is 1. The number of carbonyl (C=O) groups excluding carboxylic acids is 1. The van der Waals surface area contributed by atoms with Crippen LogP contribution in [0, 0.1) is 17.2 Å². The van der Waals surface area contributed by atoms with Crippen LogP contribution in [-0.2, 0) is 4.79 Å². The molecule has 1 fully saturated rings. The zero-order valence-corrected chi connectivity index (χ0v) is 13.3. The minimum absolute atomic E-state index is 0.0240. The number of carbonyl (C=O) groups is 1. The van der Waals surface area contributed by atoms with Crippen molar-refractivity contribution in [2.24, 2.45) is 5.92 Å². The Morgan fingerprint density at radius 1 is 1.45 bits per heavy atom. The van der Waals surface area contributed by atoms with Crippen molar-refractivity contribution >= 4 is 27.5 Å². The van der Waals surface area contributed by atoms with Crippen LogP contribution in [0.25, 0.3) is 0 Å². The van der Waals surface area contributed by atoms with Crippen LogP contribution < -0.4 is 4.90 Å². The molecule has 0 bridgehead atoms. The summed E-state index contributed by atoms with van der Waals surface area (Å²) in [7, 11) is 1.81. The maximum absolute atomic E-state index is 12.5. The molecule has 1 amide bonds. The first kappa shape index (κ1) is 14.9. The van der Waals surface area contributed by atoms with Crippen LogP contribution in [0.2, 0.25) is 0 Å². The van der Waals surface area contributed by atoms with Gasteiger partial charge in [-0.15, -0.1) is 0 Å². The molecule has 1 heterocycles. The Morgan fingerprint density at radius 3 is 2.85 bits per heavy atom. The number of halogens is 1. The molecule has 1 aliphatic heterocycles. The van der Waals surface area contributed by atoms with Gasteiger partial charge in [0.25, 0.3) is 0 Å². The molecule has 20 heavy (non-hydrogen) atoms. The zero-order valence-electron chi connectivity index (χ0n) is 11.7. The number of likely N-dealkylation sites (N-methyl/N-ethyl adjacent to an activating group) is 1. The number of hydrogen-bond acceptors (Lipinski definition) is 3. The lowest BCUT2D eigenvalue weighted by Gasteiger charge is -2.31. The van der Waals surface area contributed by atoms with Crippen molar-refractivity contribution in [1.29, 1.82) is 5.26 Å². The van der Waals surface area contributed by atoms with E-state index in [-0.39, 0.29) is 12.3 Å². The lowest BCUT2D eigenvalue weighted by molar-refractivity contribution is -0.130. The summed E-state index contributed by atoms with van der Waals surface area (Å²) in [5.74, 6) is 0.391. The van der Waals surface area contributed by atoms with Crippen LogP contribution in [0.5, 0.6) is 0 Å². The molecule has 4 nitrogen and oxygen atoms in total. The summed E-state index contributed by atoms with van der Waals surface area (Å²) in [6, 6.07) is 9.64. The van der Waals surface area contributed by atoms with Crippen molar-refractivity contribution in [3.63, 3.8) is 0 Å². The first-order valence-electron chi connectivity index (χ1n) is 6.67. The zero-order chi connectivity index (χ0) is 14.7. The average Bonchev–Trinajstić information content (AvgIpc) is 2.50. The quantitative estimate of drug-likeness (QED) is 0.834. The van der Waals surface area contributed by atoms with Gasteiger partial charge in [-0.2, -0.15) is 5.26 Å². The Hall–Kier alpha value is -1.54. The number of rotatable bonds is 2. The van der Waals surface area contributed by atoms with E-state index in [1.807, 2.05) is 31.3 Å². The topological polar surface area (TPSA) is 47.3 Å². The van der Waals surface area contributed by atoms with Gasteiger partial charge in [0.2, 0.25) is 5.91 Å². The van der Waals surface area contributed by atoms with Crippen molar-refractivity contribution in [3.8, 4) is 6.07 Å². The summed E-state index contributed by atoms with van der Waals surface area (Å²) in [5, 5.41) is 9.04. The van der Waals surface area contributed by atoms with Gasteiger partial charge in [-0.25, -0.2) is 0 Å². The molecule has 2 atom stereocenters. The molecule has 0 saturated carbocycles. The van der Waals surface area contributed by atoms with E-state index in [1.165, 1.54) is 0 Å². The van der Waals surface area contributed by atoms with Gasteiger partial charge < -0.3 is 9.80 Å². The molecule has 1 aliphatic rings. The first-order valence-corrected chi connectivity index (χ1v) is 7.46. The summed E-state index contributed by atoms with van der Waals surface area (Å²) in [6.07, 6.45) is 0.211. The number of hydrogen-bond donors (Lipinski definition) is 0. The van der Waals surface area contributed by atoms with Gasteiger partial charge >= 0.3 is 0 Å². The van der Waals surface area contributed by atoms with Crippen LogP contribution in [0.4, 0.5) is 5.69 Å². The second-order valence-electron chi connectivity index (χ2n) is 5.33. The van der Waals surface area contributed by atoms with Gasteiger partial charge in [0.15, 0.2) is 0 Å². The second-order valence-corrected chi connectivity index (χ2v) is 6.25. The van der Waals surface area contributed by atoms with Crippen LogP contribution in [0.3, 0.4) is 0 Å². The van der Waals surface area contributed by atoms with Gasteiger partial charge in [-0.05, 0) is 24.1 Å². The normalized spacial score (nSPS) is 23.4. The van der Waals surface area contributed by atoms with Crippen molar-refractivity contribution in [2.75, 3.05) is 25.0 Å². The SMILES string of the molecule is CC1CN(C)C(=O)C(CC#N)N(c2cccc(Br)c2)C1. The fraction of sp³-hybridized carbons (Fsp3) is 0.467. The minimum atomic E-state index is -0.399. The Balaban J connectivity index is 2.40. The van der Waals surface area contributed by atoms with Crippen LogP contribution >= 0.6 is 15.9 Å². The molecule has 0 N–H and O–H groups in total. The number of benzene rings is 1. The molecule has 2 rings (SSSR count). The van der Waals surface area contributed by atoms with E-state index in [0.717, 1.165) is 23.2 Å². The van der Waals surface area contributed by atoms with E-state index in [1.54, 1.807) is 4.90 Å². The molecule has 106 valence electrons. The molecule has 0 aromatic heterocycles. The maximum atomic E-state index is 12.5. The van der Waals surface area contributed by atoms with Gasteiger partial charge in [-0.1, -0.05) is 28.9 Å². The smallest absolute Gasteiger partial charge is 0.246 e. The highest BCUT2D eigenvalue weighted by molar-refractivity contribution is 9.10. The largest absolute Gasteiger partial charge is 0.358 e. The fourth-order valence-corrected chi connectivity index (χ4v) is 3.08. The monoisotopic (exact) mass is 335 g/mol. The van der Waals surface area contributed by atoms with E-state index in [9.17, 15) is 4.79 Å². The lowest BCUT2D eigenvalue weighted by atomic mass is 10.1. The Bertz CT molecular complexity index is 540. The summed E-state index contributed by atoms with van der Waals surface area (Å²) >= 11 is 3.46. The molecular formula is C15H18BrN3O. The molecular weight excluding hydrogens is 318 g/mol. The highest BCUT2D eigenvalue weighted by Crippen LogP contribution is 2.26. The van der Waals surface area contributed by atoms with E-state index < -0.39 is 6.04 Å². The molecule has 0 spiro atoms. The summed E-state index contributed by atoms with van der Waals surface area (Å²) in [4.78, 5) is 16.3. The van der Waals surface area contributed by atoms with Crippen LogP contribution in [-0.4, -0.2) is 37.0 Å². The summed E-state index contributed by atoms with van der Waals surface area (Å²) in [6.45, 7) is 3.63. The van der Waals surface area contributed by atoms with E-state index in [2.05, 4.69) is 33.8 Å². The molecule has 1 aromatic carbocycles. The van der Waals surface area contributed by atoms with E-state index in [4.69, 9.17) is 5.26 Å². The summed E-state index contributed by atoms with van der Waals surface area (Å²) < 4.78 is 0.975. The van der Waals surface area contributed by atoms with Gasteiger partial charge in [0, 0.05) is 30.3 Å². The molecule has 0 aliphatic carbocycles. The van der Waals surface area contributed by atoms with Gasteiger partial charge in [0.1, 0.15) is 6.04 Å². The fourth-order valence-electron chi connectivity index (χ4n) is 2.69. The standard InChI is InChI=1S/C15H18BrN3O/c1-11-9-18(2)15(20)14(6-7-17)19(10-11)13-5-3-4-12(16)8-13/h3-5,8,11,14H,6,9-10H2,1-2H3. The maximum Gasteiger partial charge on any atom is 0.246 e. The van der Waals surface area contributed by atoms with Gasteiger partial charge in [0.05, 0.1) is 12.5 Å². The second kappa shape index (κ2) is 6.27. The molecule has 0 radical (unpaired) electrons. The van der Waals surface area contributed by atoms with Crippen LogP contribution in [0.1, 0.15) is 13.3 Å². The molecule has 2 unspecified atom stereocenters. The van der Waals surface area contributed by atoms with Crippen LogP contribution in [0.15, 0.2) is 28.7 Å². The van der Waals surface area contributed by atoms with Crippen molar-refractivity contribution in [1.82, 2.24) is 4.90 Å². The van der Waals surface area contributed by atoms with Crippen molar-refractivity contribution in [3.05, 3.63) is 28.7 Å². The molecule has 1 aromatic rings. The number of nitrogens with zero attached hydrogens (tertiary/aromatic N) is 3. The van der Waals surface area contributed by atoms with Crippen molar-refractivity contribution in [2.45, 2.75) is 19.4 Å². The van der Waals surface area contributed by atoms with Crippen molar-refractivity contribution < 1.29 is 4.79 Å².